The second kappa shape index (κ2) is 8.51. The van der Waals surface area contributed by atoms with Crippen LogP contribution in [0.2, 0.25) is 0 Å². The van der Waals surface area contributed by atoms with Crippen molar-refractivity contribution < 1.29 is 13.2 Å². The van der Waals surface area contributed by atoms with Gasteiger partial charge in [-0.2, -0.15) is 0 Å². The van der Waals surface area contributed by atoms with Gasteiger partial charge in [-0.3, -0.25) is 4.79 Å². The first kappa shape index (κ1) is 19.5. The standard InChI is InChI=1S/C18H22N2O3S2/c1-13(15-7-5-4-6-8-15)12-19-25(22,23)16-9-10-18(24-3)17(11-16)20-14(2)21/h4-11,13,19H,12H2,1-3H3,(H,20,21). The molecule has 0 spiro atoms. The van der Waals surface area contributed by atoms with Crippen molar-refractivity contribution in [3.8, 4) is 0 Å². The lowest BCUT2D eigenvalue weighted by Gasteiger charge is -2.15. The van der Waals surface area contributed by atoms with Crippen LogP contribution >= 0.6 is 11.8 Å². The number of nitrogens with one attached hydrogen (secondary N) is 2. The first-order valence-electron chi connectivity index (χ1n) is 7.83. The third-order valence-electron chi connectivity index (χ3n) is 3.74. The SMILES string of the molecule is CSc1ccc(S(=O)(=O)NCC(C)c2ccccc2)cc1NC(C)=O. The van der Waals surface area contributed by atoms with Crippen LogP contribution in [0.15, 0.2) is 58.3 Å². The van der Waals surface area contributed by atoms with Gasteiger partial charge in [-0.1, -0.05) is 37.3 Å². The molecule has 2 rings (SSSR count). The second-order valence-corrected chi connectivity index (χ2v) is 8.32. The fraction of sp³-hybridized carbons (Fsp3) is 0.278. The maximum Gasteiger partial charge on any atom is 0.240 e. The summed E-state index contributed by atoms with van der Waals surface area (Å²) in [6.07, 6.45) is 1.87. The van der Waals surface area contributed by atoms with Gasteiger partial charge in [0.05, 0.1) is 10.6 Å². The van der Waals surface area contributed by atoms with E-state index in [0.29, 0.717) is 12.2 Å². The maximum absolute atomic E-state index is 12.6. The predicted octanol–water partition coefficient (Wildman–Crippen LogP) is 3.45. The van der Waals surface area contributed by atoms with E-state index in [1.165, 1.54) is 24.8 Å². The van der Waals surface area contributed by atoms with E-state index in [9.17, 15) is 13.2 Å². The molecule has 0 aliphatic heterocycles. The van der Waals surface area contributed by atoms with Crippen LogP contribution in [-0.2, 0) is 14.8 Å². The molecule has 25 heavy (non-hydrogen) atoms. The van der Waals surface area contributed by atoms with Crippen LogP contribution in [0.3, 0.4) is 0 Å². The highest BCUT2D eigenvalue weighted by Crippen LogP contribution is 2.28. The van der Waals surface area contributed by atoms with Gasteiger partial charge in [0, 0.05) is 18.4 Å². The molecule has 1 unspecified atom stereocenters. The Balaban J connectivity index is 2.17. The summed E-state index contributed by atoms with van der Waals surface area (Å²) in [5.74, 6) is -0.188. The normalized spacial score (nSPS) is 12.6. The number of carbonyl (C=O) groups is 1. The van der Waals surface area contributed by atoms with Crippen LogP contribution < -0.4 is 10.0 Å². The topological polar surface area (TPSA) is 75.3 Å². The minimum absolute atomic E-state index is 0.0521. The molecular weight excluding hydrogens is 356 g/mol. The largest absolute Gasteiger partial charge is 0.325 e. The van der Waals surface area contributed by atoms with E-state index >= 15 is 0 Å². The molecular formula is C18H22N2O3S2. The number of anilines is 1. The number of amides is 1. The molecule has 2 N–H and O–H groups in total. The third-order valence-corrected chi connectivity index (χ3v) is 5.96. The first-order chi connectivity index (χ1) is 11.8. The smallest absolute Gasteiger partial charge is 0.240 e. The molecule has 134 valence electrons. The molecule has 1 atom stereocenters. The van der Waals surface area contributed by atoms with Crippen LogP contribution in [0.25, 0.3) is 0 Å². The van der Waals surface area contributed by atoms with E-state index in [4.69, 9.17) is 0 Å². The minimum atomic E-state index is -3.66. The predicted molar refractivity (Wildman–Crippen MR) is 103 cm³/mol. The highest BCUT2D eigenvalue weighted by molar-refractivity contribution is 7.98. The van der Waals surface area contributed by atoms with Crippen molar-refractivity contribution in [1.29, 1.82) is 0 Å². The summed E-state index contributed by atoms with van der Waals surface area (Å²) in [4.78, 5) is 12.3. The molecule has 0 aliphatic rings. The average Bonchev–Trinajstić information content (AvgIpc) is 2.60. The van der Waals surface area contributed by atoms with Crippen molar-refractivity contribution in [2.45, 2.75) is 29.6 Å². The van der Waals surface area contributed by atoms with Gasteiger partial charge in [0.15, 0.2) is 0 Å². The van der Waals surface area contributed by atoms with Crippen LogP contribution in [0.4, 0.5) is 5.69 Å². The minimum Gasteiger partial charge on any atom is -0.325 e. The summed E-state index contributed by atoms with van der Waals surface area (Å²) in [7, 11) is -3.66. The summed E-state index contributed by atoms with van der Waals surface area (Å²) in [5.41, 5.74) is 1.57. The maximum atomic E-state index is 12.6. The zero-order chi connectivity index (χ0) is 18.4. The number of benzene rings is 2. The summed E-state index contributed by atoms with van der Waals surface area (Å²) in [6.45, 7) is 3.66. The van der Waals surface area contributed by atoms with Gasteiger partial charge in [0.1, 0.15) is 0 Å². The molecule has 0 aromatic heterocycles. The van der Waals surface area contributed by atoms with Gasteiger partial charge in [-0.25, -0.2) is 13.1 Å². The highest BCUT2D eigenvalue weighted by Gasteiger charge is 2.18. The number of carbonyl (C=O) groups excluding carboxylic acids is 1. The van der Waals surface area contributed by atoms with Crippen molar-refractivity contribution in [2.24, 2.45) is 0 Å². The summed E-state index contributed by atoms with van der Waals surface area (Å²) >= 11 is 1.44. The quantitative estimate of drug-likeness (QED) is 0.724. The van der Waals surface area contributed by atoms with Gasteiger partial charge in [0.25, 0.3) is 0 Å². The van der Waals surface area contributed by atoms with E-state index in [0.717, 1.165) is 10.5 Å². The van der Waals surface area contributed by atoms with E-state index in [2.05, 4.69) is 10.0 Å². The number of hydrogen-bond donors (Lipinski definition) is 2. The summed E-state index contributed by atoms with van der Waals surface area (Å²) in [5, 5.41) is 2.68. The van der Waals surface area contributed by atoms with Gasteiger partial charge < -0.3 is 5.32 Å². The van der Waals surface area contributed by atoms with E-state index < -0.39 is 10.0 Å². The Bertz CT molecular complexity index is 837. The number of hydrogen-bond acceptors (Lipinski definition) is 4. The molecule has 0 saturated carbocycles. The lowest BCUT2D eigenvalue weighted by molar-refractivity contribution is -0.114. The first-order valence-corrected chi connectivity index (χ1v) is 10.5. The molecule has 0 heterocycles. The number of sulfonamides is 1. The molecule has 1 amide bonds. The monoisotopic (exact) mass is 378 g/mol. The van der Waals surface area contributed by atoms with Crippen molar-refractivity contribution in [2.75, 3.05) is 18.1 Å². The van der Waals surface area contributed by atoms with Crippen LogP contribution in [0.1, 0.15) is 25.3 Å². The zero-order valence-electron chi connectivity index (χ0n) is 14.4. The van der Waals surface area contributed by atoms with E-state index in [1.54, 1.807) is 12.1 Å². The molecule has 0 saturated heterocycles. The molecule has 0 radical (unpaired) electrons. The van der Waals surface area contributed by atoms with Crippen molar-refractivity contribution in [3.63, 3.8) is 0 Å². The lowest BCUT2D eigenvalue weighted by atomic mass is 10.0. The number of rotatable bonds is 7. The van der Waals surface area contributed by atoms with Crippen LogP contribution in [0.5, 0.6) is 0 Å². The van der Waals surface area contributed by atoms with Gasteiger partial charge >= 0.3 is 0 Å². The fourth-order valence-electron chi connectivity index (χ4n) is 2.36. The number of thioether (sulfide) groups is 1. The lowest BCUT2D eigenvalue weighted by Crippen LogP contribution is -2.27. The van der Waals surface area contributed by atoms with E-state index in [1.807, 2.05) is 43.5 Å². The van der Waals surface area contributed by atoms with Crippen molar-refractivity contribution in [3.05, 3.63) is 54.1 Å². The second-order valence-electron chi connectivity index (χ2n) is 5.71. The van der Waals surface area contributed by atoms with Gasteiger partial charge in [-0.05, 0) is 35.9 Å². The van der Waals surface area contributed by atoms with Gasteiger partial charge in [0.2, 0.25) is 15.9 Å². The van der Waals surface area contributed by atoms with E-state index in [-0.39, 0.29) is 16.7 Å². The van der Waals surface area contributed by atoms with Crippen molar-refractivity contribution in [1.82, 2.24) is 4.72 Å². The van der Waals surface area contributed by atoms with Crippen LogP contribution in [0, 0.1) is 0 Å². The Hall–Kier alpha value is -1.83. The molecule has 0 aliphatic carbocycles. The van der Waals surface area contributed by atoms with Crippen LogP contribution in [-0.4, -0.2) is 27.1 Å². The molecule has 5 nitrogen and oxygen atoms in total. The highest BCUT2D eigenvalue weighted by atomic mass is 32.2. The van der Waals surface area contributed by atoms with Crippen molar-refractivity contribution >= 4 is 33.4 Å². The molecule has 7 heteroatoms. The molecule has 0 fully saturated rings. The Kier molecular flexibility index (Phi) is 6.64. The Morgan fingerprint density at radius 1 is 1.16 bits per heavy atom. The van der Waals surface area contributed by atoms with Gasteiger partial charge in [-0.15, -0.1) is 11.8 Å². The summed E-state index contributed by atoms with van der Waals surface area (Å²) < 4.78 is 27.8. The average molecular weight is 379 g/mol. The molecule has 2 aromatic carbocycles. The fourth-order valence-corrected chi connectivity index (χ4v) is 4.05. The summed E-state index contributed by atoms with van der Waals surface area (Å²) in [6, 6.07) is 14.5. The Morgan fingerprint density at radius 2 is 1.84 bits per heavy atom. The Morgan fingerprint density at radius 3 is 2.44 bits per heavy atom. The third kappa shape index (κ3) is 5.32. The zero-order valence-corrected chi connectivity index (χ0v) is 16.1. The Labute approximate surface area is 153 Å². The molecule has 2 aromatic rings. The molecule has 0 bridgehead atoms.